The second-order valence-electron chi connectivity index (χ2n) is 9.33. The molecule has 1 amide bonds. The summed E-state index contributed by atoms with van der Waals surface area (Å²) in [6.07, 6.45) is 3.65. The molecule has 0 bridgehead atoms. The number of likely N-dealkylation sites (N-methyl/N-ethyl adjacent to an activating group) is 1. The molecule has 1 atom stereocenters. The molecule has 0 aliphatic carbocycles. The van der Waals surface area contributed by atoms with Crippen molar-refractivity contribution < 1.29 is 4.79 Å². The Morgan fingerprint density at radius 2 is 1.78 bits per heavy atom. The van der Waals surface area contributed by atoms with Gasteiger partial charge in [0, 0.05) is 66.5 Å². The zero-order chi connectivity index (χ0) is 25.8. The topological polar surface area (TPSA) is 101 Å². The highest BCUT2D eigenvalue weighted by atomic mass is 16.1. The van der Waals surface area contributed by atoms with Gasteiger partial charge in [0.25, 0.3) is 5.91 Å². The Balaban J connectivity index is 1.46. The maximum atomic E-state index is 12.5. The quantitative estimate of drug-likeness (QED) is 0.419. The molecule has 1 aliphatic rings. The zero-order valence-electron chi connectivity index (χ0n) is 21.0. The van der Waals surface area contributed by atoms with Crippen molar-refractivity contribution in [1.82, 2.24) is 25.4 Å². The summed E-state index contributed by atoms with van der Waals surface area (Å²) in [6, 6.07) is 21.3. The molecule has 2 N–H and O–H groups in total. The third-order valence-corrected chi connectivity index (χ3v) is 6.68. The molecule has 1 aliphatic heterocycles. The van der Waals surface area contributed by atoms with Crippen LogP contribution in [0.3, 0.4) is 0 Å². The Labute approximate surface area is 216 Å². The molecule has 0 saturated carbocycles. The van der Waals surface area contributed by atoms with Crippen molar-refractivity contribution in [3.8, 4) is 39.7 Å². The summed E-state index contributed by atoms with van der Waals surface area (Å²) in [4.78, 5) is 21.5. The van der Waals surface area contributed by atoms with Crippen molar-refractivity contribution in [3.63, 3.8) is 0 Å². The zero-order valence-corrected chi connectivity index (χ0v) is 21.0. The number of benzene rings is 2. The fourth-order valence-corrected chi connectivity index (χ4v) is 4.54. The Bertz CT molecular complexity index is 1430. The highest BCUT2D eigenvalue weighted by Crippen LogP contribution is 2.35. The molecule has 8 nitrogen and oxygen atoms in total. The van der Waals surface area contributed by atoms with Gasteiger partial charge in [-0.25, -0.2) is 0 Å². The van der Waals surface area contributed by atoms with Gasteiger partial charge in [-0.2, -0.15) is 10.4 Å². The summed E-state index contributed by atoms with van der Waals surface area (Å²) in [5.41, 5.74) is 7.47. The largest absolute Gasteiger partial charge is 0.368 e. The van der Waals surface area contributed by atoms with E-state index in [2.05, 4.69) is 55.5 Å². The lowest BCUT2D eigenvalue weighted by molar-refractivity contribution is 0.0948. The highest BCUT2D eigenvalue weighted by Gasteiger charge is 2.19. The van der Waals surface area contributed by atoms with E-state index in [1.807, 2.05) is 48.8 Å². The fraction of sp³-hybridized carbons (Fsp3) is 0.241. The van der Waals surface area contributed by atoms with E-state index in [0.29, 0.717) is 5.56 Å². The molecule has 8 heteroatoms. The van der Waals surface area contributed by atoms with Gasteiger partial charge in [-0.1, -0.05) is 18.2 Å². The third-order valence-electron chi connectivity index (χ3n) is 6.68. The maximum Gasteiger partial charge on any atom is 0.252 e. The molecule has 4 aromatic rings. The van der Waals surface area contributed by atoms with Crippen LogP contribution in [0.4, 0.5) is 5.69 Å². The van der Waals surface area contributed by atoms with Crippen LogP contribution in [-0.2, 0) is 0 Å². The van der Waals surface area contributed by atoms with Gasteiger partial charge in [0.15, 0.2) is 0 Å². The van der Waals surface area contributed by atoms with Crippen molar-refractivity contribution in [3.05, 3.63) is 78.6 Å². The number of amides is 1. The average molecular weight is 492 g/mol. The van der Waals surface area contributed by atoms with E-state index in [9.17, 15) is 4.79 Å². The number of piperazine rings is 1. The van der Waals surface area contributed by atoms with E-state index in [1.165, 1.54) is 5.69 Å². The number of nitrogens with zero attached hydrogens (tertiary/aromatic N) is 5. The van der Waals surface area contributed by atoms with Crippen LogP contribution in [0, 0.1) is 11.3 Å². The van der Waals surface area contributed by atoms with E-state index in [0.717, 1.165) is 59.8 Å². The molecule has 1 saturated heterocycles. The predicted octanol–water partition coefficient (Wildman–Crippen LogP) is 4.20. The number of nitriles is 1. The smallest absolute Gasteiger partial charge is 0.252 e. The summed E-state index contributed by atoms with van der Waals surface area (Å²) in [7, 11) is 2.16. The van der Waals surface area contributed by atoms with Crippen LogP contribution >= 0.6 is 0 Å². The van der Waals surface area contributed by atoms with Crippen molar-refractivity contribution in [2.75, 3.05) is 38.1 Å². The summed E-state index contributed by atoms with van der Waals surface area (Å²) in [5, 5.41) is 19.4. The number of nitrogens with one attached hydrogen (secondary N) is 2. The summed E-state index contributed by atoms with van der Waals surface area (Å²) in [5.74, 6) is -0.284. The Morgan fingerprint density at radius 1 is 1.00 bits per heavy atom. The van der Waals surface area contributed by atoms with Crippen LogP contribution in [0.5, 0.6) is 0 Å². The van der Waals surface area contributed by atoms with Crippen LogP contribution < -0.4 is 10.2 Å². The van der Waals surface area contributed by atoms with Gasteiger partial charge in [-0.15, -0.1) is 0 Å². The number of rotatable bonds is 6. The van der Waals surface area contributed by atoms with E-state index in [-0.39, 0.29) is 5.91 Å². The Kier molecular flexibility index (Phi) is 6.97. The predicted molar refractivity (Wildman–Crippen MR) is 145 cm³/mol. The minimum atomic E-state index is -0.559. The van der Waals surface area contributed by atoms with Crippen LogP contribution in [0.2, 0.25) is 0 Å². The molecule has 186 valence electrons. The number of aromatic amines is 1. The molecular weight excluding hydrogens is 462 g/mol. The molecule has 1 unspecified atom stereocenters. The number of H-pyrrole nitrogens is 1. The molecule has 3 heterocycles. The first-order valence-corrected chi connectivity index (χ1v) is 12.4. The summed E-state index contributed by atoms with van der Waals surface area (Å²) in [6.45, 7) is 5.69. The lowest BCUT2D eigenvalue weighted by Gasteiger charge is -2.35. The van der Waals surface area contributed by atoms with Gasteiger partial charge >= 0.3 is 0 Å². The number of hydrogen-bond donors (Lipinski definition) is 2. The van der Waals surface area contributed by atoms with Crippen molar-refractivity contribution in [1.29, 1.82) is 5.26 Å². The third kappa shape index (κ3) is 5.37. The normalized spacial score (nSPS) is 14.7. The molecule has 1 fully saturated rings. The van der Waals surface area contributed by atoms with E-state index < -0.39 is 6.04 Å². The minimum Gasteiger partial charge on any atom is -0.368 e. The van der Waals surface area contributed by atoms with E-state index in [1.54, 1.807) is 19.1 Å². The van der Waals surface area contributed by atoms with Gasteiger partial charge in [0.05, 0.1) is 17.5 Å². The van der Waals surface area contributed by atoms with Crippen LogP contribution in [0.25, 0.3) is 33.6 Å². The number of carbonyl (C=O) groups is 1. The molecule has 0 radical (unpaired) electrons. The lowest BCUT2D eigenvalue weighted by atomic mass is 9.98. The van der Waals surface area contributed by atoms with Gasteiger partial charge in [-0.3, -0.25) is 14.9 Å². The van der Waals surface area contributed by atoms with Gasteiger partial charge in [0.1, 0.15) is 6.04 Å². The second kappa shape index (κ2) is 10.6. The maximum absolute atomic E-state index is 12.5. The molecule has 2 aromatic carbocycles. The van der Waals surface area contributed by atoms with Crippen LogP contribution in [0.1, 0.15) is 17.3 Å². The lowest BCUT2D eigenvalue weighted by Crippen LogP contribution is -2.44. The Morgan fingerprint density at radius 3 is 2.54 bits per heavy atom. The molecular formula is C29H29N7O. The molecule has 2 aromatic heterocycles. The molecule has 37 heavy (non-hydrogen) atoms. The first kappa shape index (κ1) is 24.2. The number of hydrogen-bond acceptors (Lipinski definition) is 6. The van der Waals surface area contributed by atoms with Gasteiger partial charge < -0.3 is 15.1 Å². The second-order valence-corrected chi connectivity index (χ2v) is 9.33. The highest BCUT2D eigenvalue weighted by molar-refractivity contribution is 5.95. The monoisotopic (exact) mass is 491 g/mol. The Hall–Kier alpha value is -4.48. The molecule has 5 rings (SSSR count). The number of pyridine rings is 1. The average Bonchev–Trinajstić information content (AvgIpc) is 3.44. The van der Waals surface area contributed by atoms with Crippen molar-refractivity contribution in [2.24, 2.45) is 0 Å². The molecule has 0 spiro atoms. The SMILES string of the molecule is CC(C#N)NC(=O)c1cccc(-c2cc(-c3ccc(N4CCN(C)CC4)c(-c4ccncc4)c3)[nH]n2)c1. The number of anilines is 1. The first-order valence-electron chi connectivity index (χ1n) is 12.4. The first-order chi connectivity index (χ1) is 18.0. The van der Waals surface area contributed by atoms with Gasteiger partial charge in [0.2, 0.25) is 0 Å². The van der Waals surface area contributed by atoms with E-state index in [4.69, 9.17) is 5.26 Å². The number of carbonyl (C=O) groups excluding carboxylic acids is 1. The number of aromatic nitrogens is 3. The standard InChI is InChI=1S/C29H29N7O/c1-20(19-30)32-29(37)24-5-3-4-22(16-24)26-18-27(34-33-26)23-6-7-28(36-14-12-35(2)13-15-36)25(17-23)21-8-10-31-11-9-21/h3-11,16-18,20H,12-15H2,1-2H3,(H,32,37)(H,33,34). The van der Waals surface area contributed by atoms with Crippen molar-refractivity contribution >= 4 is 11.6 Å². The summed E-state index contributed by atoms with van der Waals surface area (Å²) < 4.78 is 0. The van der Waals surface area contributed by atoms with Crippen LogP contribution in [0.15, 0.2) is 73.1 Å². The van der Waals surface area contributed by atoms with E-state index >= 15 is 0 Å². The van der Waals surface area contributed by atoms with Crippen molar-refractivity contribution in [2.45, 2.75) is 13.0 Å². The summed E-state index contributed by atoms with van der Waals surface area (Å²) >= 11 is 0. The van der Waals surface area contributed by atoms with Crippen LogP contribution in [-0.4, -0.2) is 65.3 Å². The minimum absolute atomic E-state index is 0.284. The fourth-order valence-electron chi connectivity index (χ4n) is 4.54. The van der Waals surface area contributed by atoms with Gasteiger partial charge in [-0.05, 0) is 62.0 Å².